The maximum Gasteiger partial charge on any atom is 0.234 e. The summed E-state index contributed by atoms with van der Waals surface area (Å²) in [5.74, 6) is 1.36. The molecule has 4 unspecified atom stereocenters. The van der Waals surface area contributed by atoms with E-state index in [0.717, 1.165) is 29.9 Å². The second kappa shape index (κ2) is 9.66. The Labute approximate surface area is 209 Å². The molecule has 6 rings (SSSR count). The minimum atomic E-state index is -0.287. The summed E-state index contributed by atoms with van der Waals surface area (Å²) in [5, 5.41) is 12.9. The molecule has 0 spiro atoms. The van der Waals surface area contributed by atoms with Crippen LogP contribution in [0.15, 0.2) is 90.3 Å². The van der Waals surface area contributed by atoms with Crippen LogP contribution in [-0.2, 0) is 4.79 Å². The van der Waals surface area contributed by atoms with Crippen molar-refractivity contribution < 1.29 is 4.79 Å². The van der Waals surface area contributed by atoms with Crippen molar-refractivity contribution in [3.63, 3.8) is 0 Å². The molecule has 1 saturated carbocycles. The van der Waals surface area contributed by atoms with Gasteiger partial charge in [-0.25, -0.2) is 0 Å². The van der Waals surface area contributed by atoms with Crippen LogP contribution in [0.1, 0.15) is 37.2 Å². The first-order chi connectivity index (χ1) is 17.3. The van der Waals surface area contributed by atoms with E-state index in [4.69, 9.17) is 0 Å². The summed E-state index contributed by atoms with van der Waals surface area (Å²) in [4.78, 5) is 17.8. The van der Waals surface area contributed by atoms with E-state index in [-0.39, 0.29) is 23.1 Å². The lowest BCUT2D eigenvalue weighted by atomic mass is 9.70. The van der Waals surface area contributed by atoms with Gasteiger partial charge in [-0.2, -0.15) is 0 Å². The van der Waals surface area contributed by atoms with E-state index in [0.29, 0.717) is 11.1 Å². The Morgan fingerprint density at radius 2 is 1.66 bits per heavy atom. The number of piperidine rings is 1. The molecule has 6 nitrogen and oxygen atoms in total. The van der Waals surface area contributed by atoms with Gasteiger partial charge in [0.2, 0.25) is 5.91 Å². The van der Waals surface area contributed by atoms with Crippen LogP contribution in [-0.4, -0.2) is 36.9 Å². The van der Waals surface area contributed by atoms with Crippen LogP contribution in [0.2, 0.25) is 0 Å². The highest BCUT2D eigenvalue weighted by Crippen LogP contribution is 2.47. The number of para-hydroxylation sites is 1. The van der Waals surface area contributed by atoms with E-state index in [1.807, 2.05) is 53.1 Å². The molecule has 2 aliphatic rings. The van der Waals surface area contributed by atoms with Gasteiger partial charge in [0.25, 0.3) is 0 Å². The van der Waals surface area contributed by atoms with Crippen molar-refractivity contribution >= 4 is 17.7 Å². The topological polar surface area (TPSA) is 72.7 Å². The molecule has 1 N–H and O–H groups in total. The molecule has 4 aromatic rings. The summed E-state index contributed by atoms with van der Waals surface area (Å²) in [6.45, 7) is 0. The van der Waals surface area contributed by atoms with Gasteiger partial charge in [0, 0.05) is 35.6 Å². The van der Waals surface area contributed by atoms with E-state index in [2.05, 4.69) is 44.8 Å². The number of nitrogens with one attached hydrogen (secondary N) is 1. The van der Waals surface area contributed by atoms with Gasteiger partial charge in [-0.1, -0.05) is 73.1 Å². The van der Waals surface area contributed by atoms with E-state index in [9.17, 15) is 4.79 Å². The van der Waals surface area contributed by atoms with Gasteiger partial charge in [0.05, 0.1) is 5.25 Å². The summed E-state index contributed by atoms with van der Waals surface area (Å²) in [5.41, 5.74) is 3.08. The maximum absolute atomic E-state index is 13.6. The van der Waals surface area contributed by atoms with Crippen LogP contribution in [0.4, 0.5) is 0 Å². The van der Waals surface area contributed by atoms with Crippen LogP contribution < -0.4 is 5.32 Å². The maximum atomic E-state index is 13.6. The Morgan fingerprint density at radius 3 is 2.43 bits per heavy atom. The van der Waals surface area contributed by atoms with Gasteiger partial charge >= 0.3 is 0 Å². The van der Waals surface area contributed by atoms with Crippen LogP contribution >= 0.6 is 11.8 Å². The lowest BCUT2D eigenvalue weighted by molar-refractivity contribution is -0.125. The van der Waals surface area contributed by atoms with E-state index in [1.165, 1.54) is 30.2 Å². The molecule has 0 radical (unpaired) electrons. The number of carbonyl (C=O) groups is 1. The van der Waals surface area contributed by atoms with Gasteiger partial charge in [-0.3, -0.25) is 14.3 Å². The van der Waals surface area contributed by atoms with Crippen molar-refractivity contribution in [1.29, 1.82) is 0 Å². The molecule has 3 heterocycles. The first-order valence-electron chi connectivity index (χ1n) is 12.2. The number of carbonyl (C=O) groups excluding carboxylic acids is 1. The predicted octanol–water partition coefficient (Wildman–Crippen LogP) is 5.26. The standard InChI is InChI=1S/C28H27N5OS/c34-27-25(24(19-10-3-1-4-11-19)22-15-7-8-16-23(22)30-27)35-28-32-31-26(20-12-9-17-29-18-20)33(28)21-13-5-2-6-14-21/h1-6,9-14,17-18,22-25H,7-8,15-16H2,(H,30,34). The van der Waals surface area contributed by atoms with Crippen molar-refractivity contribution in [2.75, 3.05) is 0 Å². The fraction of sp³-hybridized carbons (Fsp3) is 0.286. The molecule has 7 heteroatoms. The van der Waals surface area contributed by atoms with Gasteiger partial charge in [0.1, 0.15) is 0 Å². The fourth-order valence-corrected chi connectivity index (χ4v) is 6.89. The monoisotopic (exact) mass is 481 g/mol. The number of fused-ring (bicyclic) bond motifs is 1. The third-order valence-electron chi connectivity index (χ3n) is 7.18. The summed E-state index contributed by atoms with van der Waals surface area (Å²) in [6.07, 6.45) is 8.13. The van der Waals surface area contributed by atoms with Crippen molar-refractivity contribution in [2.24, 2.45) is 5.92 Å². The van der Waals surface area contributed by atoms with Gasteiger partial charge in [-0.05, 0) is 48.6 Å². The molecule has 2 aromatic heterocycles. The lowest BCUT2D eigenvalue weighted by Gasteiger charge is -2.45. The average Bonchev–Trinajstić information content (AvgIpc) is 3.34. The highest BCUT2D eigenvalue weighted by atomic mass is 32.2. The Morgan fingerprint density at radius 1 is 0.886 bits per heavy atom. The Hall–Kier alpha value is -3.45. The molecule has 1 saturated heterocycles. The van der Waals surface area contributed by atoms with Crippen molar-refractivity contribution in [2.45, 2.75) is 48.0 Å². The third-order valence-corrected chi connectivity index (χ3v) is 8.41. The van der Waals surface area contributed by atoms with Crippen LogP contribution in [0.3, 0.4) is 0 Å². The Kier molecular flexibility index (Phi) is 6.08. The predicted molar refractivity (Wildman–Crippen MR) is 137 cm³/mol. The molecule has 0 bridgehead atoms. The molecule has 4 atom stereocenters. The highest BCUT2D eigenvalue weighted by molar-refractivity contribution is 8.00. The highest BCUT2D eigenvalue weighted by Gasteiger charge is 2.46. The van der Waals surface area contributed by atoms with E-state index < -0.39 is 0 Å². The molecular weight excluding hydrogens is 454 g/mol. The molecular formula is C28H27N5OS. The zero-order valence-corrected chi connectivity index (χ0v) is 20.1. The second-order valence-electron chi connectivity index (χ2n) is 9.26. The number of aromatic nitrogens is 4. The number of pyridine rings is 1. The number of thioether (sulfide) groups is 1. The summed E-state index contributed by atoms with van der Waals surface area (Å²) in [7, 11) is 0. The number of hydrogen-bond donors (Lipinski definition) is 1. The smallest absolute Gasteiger partial charge is 0.234 e. The second-order valence-corrected chi connectivity index (χ2v) is 10.4. The van der Waals surface area contributed by atoms with Crippen molar-refractivity contribution in [1.82, 2.24) is 25.1 Å². The van der Waals surface area contributed by atoms with Crippen molar-refractivity contribution in [3.05, 3.63) is 90.8 Å². The third kappa shape index (κ3) is 4.25. The number of hydrogen-bond acceptors (Lipinski definition) is 5. The number of nitrogens with zero attached hydrogens (tertiary/aromatic N) is 4. The van der Waals surface area contributed by atoms with Gasteiger partial charge in [-0.15, -0.1) is 10.2 Å². The minimum absolute atomic E-state index is 0.0949. The van der Waals surface area contributed by atoms with Crippen molar-refractivity contribution in [3.8, 4) is 17.1 Å². The van der Waals surface area contributed by atoms with Gasteiger partial charge < -0.3 is 5.32 Å². The Balaban J connectivity index is 1.43. The van der Waals surface area contributed by atoms with Crippen LogP contribution in [0.25, 0.3) is 17.1 Å². The van der Waals surface area contributed by atoms with Gasteiger partial charge in [0.15, 0.2) is 11.0 Å². The van der Waals surface area contributed by atoms with E-state index in [1.54, 1.807) is 12.4 Å². The summed E-state index contributed by atoms with van der Waals surface area (Å²) >= 11 is 1.53. The normalized spacial score (nSPS) is 23.9. The number of rotatable bonds is 5. The number of benzene rings is 2. The molecule has 2 aromatic carbocycles. The van der Waals surface area contributed by atoms with E-state index >= 15 is 0 Å². The quantitative estimate of drug-likeness (QED) is 0.421. The summed E-state index contributed by atoms with van der Waals surface area (Å²) < 4.78 is 2.05. The number of amides is 1. The largest absolute Gasteiger partial charge is 0.352 e. The SMILES string of the molecule is O=C1NC2CCCCC2C(c2ccccc2)C1Sc1nnc(-c2cccnc2)n1-c1ccccc1. The minimum Gasteiger partial charge on any atom is -0.352 e. The zero-order valence-electron chi connectivity index (χ0n) is 19.3. The van der Waals surface area contributed by atoms with Crippen LogP contribution in [0.5, 0.6) is 0 Å². The molecule has 2 fully saturated rings. The first-order valence-corrected chi connectivity index (χ1v) is 13.1. The molecule has 1 aliphatic heterocycles. The Bertz CT molecular complexity index is 1290. The first kappa shape index (κ1) is 22.0. The lowest BCUT2D eigenvalue weighted by Crippen LogP contribution is -2.56. The van der Waals surface area contributed by atoms with Crippen LogP contribution in [0, 0.1) is 5.92 Å². The zero-order chi connectivity index (χ0) is 23.6. The summed E-state index contributed by atoms with van der Waals surface area (Å²) in [6, 6.07) is 24.8. The molecule has 1 amide bonds. The molecule has 35 heavy (non-hydrogen) atoms. The molecule has 176 valence electrons. The molecule has 1 aliphatic carbocycles. The fourth-order valence-electron chi connectivity index (χ4n) is 5.60. The average molecular weight is 482 g/mol.